The topological polar surface area (TPSA) is 52.7 Å². The van der Waals surface area contributed by atoms with Gasteiger partial charge in [-0.25, -0.2) is 4.79 Å². The third-order valence-corrected chi connectivity index (χ3v) is 5.16. The zero-order valence-corrected chi connectivity index (χ0v) is 11.2. The summed E-state index contributed by atoms with van der Waals surface area (Å²) in [5, 5.41) is 2.85. The van der Waals surface area contributed by atoms with E-state index in [1.807, 2.05) is 21.6 Å². The minimum atomic E-state index is 0.0289. The summed E-state index contributed by atoms with van der Waals surface area (Å²) in [7, 11) is 0. The van der Waals surface area contributed by atoms with Crippen molar-refractivity contribution >= 4 is 23.7 Å². The van der Waals surface area contributed by atoms with Crippen molar-refractivity contribution in [1.29, 1.82) is 0 Å². The molecule has 18 heavy (non-hydrogen) atoms. The summed E-state index contributed by atoms with van der Waals surface area (Å²) < 4.78 is 0. The van der Waals surface area contributed by atoms with Crippen molar-refractivity contribution in [3.05, 3.63) is 0 Å². The third-order valence-electron chi connectivity index (χ3n) is 4.11. The van der Waals surface area contributed by atoms with Crippen LogP contribution in [0.25, 0.3) is 0 Å². The molecule has 0 bridgehead atoms. The first-order chi connectivity index (χ1) is 8.75. The normalized spacial score (nSPS) is 29.1. The second-order valence-corrected chi connectivity index (χ2v) is 6.43. The lowest BCUT2D eigenvalue weighted by atomic mass is 10.00. The van der Waals surface area contributed by atoms with Gasteiger partial charge in [0.25, 0.3) is 0 Å². The Morgan fingerprint density at radius 1 is 1.28 bits per heavy atom. The van der Waals surface area contributed by atoms with Crippen LogP contribution in [0.4, 0.5) is 4.79 Å². The van der Waals surface area contributed by atoms with E-state index >= 15 is 0 Å². The van der Waals surface area contributed by atoms with Crippen LogP contribution in [0.5, 0.6) is 0 Å². The first-order valence-electron chi connectivity index (χ1n) is 6.66. The van der Waals surface area contributed by atoms with Crippen molar-refractivity contribution in [3.63, 3.8) is 0 Å². The van der Waals surface area contributed by atoms with Gasteiger partial charge in [-0.3, -0.25) is 4.79 Å². The zero-order valence-electron chi connectivity index (χ0n) is 10.4. The van der Waals surface area contributed by atoms with E-state index in [0.717, 1.165) is 24.3 Å². The van der Waals surface area contributed by atoms with Gasteiger partial charge in [0, 0.05) is 32.1 Å². The second-order valence-electron chi connectivity index (χ2n) is 5.20. The standard InChI is InChI=1S/C12H19N3O2S/c16-11(9-1-5-18-6-2-9)14-3-4-15-10(8-14)7-13-12(15)17/h9-10H,1-8H2,(H,13,17)/t10-/m0/s1. The number of nitrogens with zero attached hydrogens (tertiary/aromatic N) is 2. The highest BCUT2D eigenvalue weighted by atomic mass is 32.2. The molecule has 0 radical (unpaired) electrons. The van der Waals surface area contributed by atoms with Gasteiger partial charge in [-0.15, -0.1) is 0 Å². The maximum atomic E-state index is 12.4. The summed E-state index contributed by atoms with van der Waals surface area (Å²) in [6, 6.07) is 0.217. The molecule has 0 aromatic rings. The van der Waals surface area contributed by atoms with Gasteiger partial charge in [0.1, 0.15) is 0 Å². The Hall–Kier alpha value is -0.910. The summed E-state index contributed by atoms with van der Waals surface area (Å²) >= 11 is 1.94. The number of nitrogens with one attached hydrogen (secondary N) is 1. The largest absolute Gasteiger partial charge is 0.339 e. The molecule has 0 spiro atoms. The van der Waals surface area contributed by atoms with Gasteiger partial charge in [-0.05, 0) is 24.3 Å². The van der Waals surface area contributed by atoms with Crippen molar-refractivity contribution in [1.82, 2.24) is 15.1 Å². The lowest BCUT2D eigenvalue weighted by molar-refractivity contribution is -0.137. The molecule has 0 saturated carbocycles. The van der Waals surface area contributed by atoms with Crippen molar-refractivity contribution in [2.75, 3.05) is 37.7 Å². The number of amides is 3. The summed E-state index contributed by atoms with van der Waals surface area (Å²) in [4.78, 5) is 27.7. The van der Waals surface area contributed by atoms with E-state index in [4.69, 9.17) is 0 Å². The molecule has 3 heterocycles. The average molecular weight is 269 g/mol. The predicted molar refractivity (Wildman–Crippen MR) is 70.5 cm³/mol. The van der Waals surface area contributed by atoms with Crippen LogP contribution in [0.2, 0.25) is 0 Å². The molecule has 0 aromatic heterocycles. The van der Waals surface area contributed by atoms with E-state index in [-0.39, 0.29) is 18.0 Å². The SMILES string of the molecule is O=C(C1CCSCC1)N1CCN2C(=O)NC[C@H]2C1. The Morgan fingerprint density at radius 3 is 2.83 bits per heavy atom. The van der Waals surface area contributed by atoms with E-state index in [2.05, 4.69) is 5.32 Å². The first kappa shape index (κ1) is 12.1. The molecule has 100 valence electrons. The molecule has 0 unspecified atom stereocenters. The van der Waals surface area contributed by atoms with Gasteiger partial charge in [0.15, 0.2) is 0 Å². The summed E-state index contributed by atoms with van der Waals surface area (Å²) in [5.41, 5.74) is 0. The molecule has 5 nitrogen and oxygen atoms in total. The number of hydrogen-bond donors (Lipinski definition) is 1. The zero-order chi connectivity index (χ0) is 12.5. The van der Waals surface area contributed by atoms with Crippen LogP contribution >= 0.6 is 11.8 Å². The third kappa shape index (κ3) is 2.18. The molecular weight excluding hydrogens is 250 g/mol. The molecule has 3 fully saturated rings. The van der Waals surface area contributed by atoms with Crippen molar-refractivity contribution < 1.29 is 9.59 Å². The number of hydrogen-bond acceptors (Lipinski definition) is 3. The molecule has 0 aromatic carbocycles. The molecule has 3 aliphatic heterocycles. The first-order valence-corrected chi connectivity index (χ1v) is 7.82. The van der Waals surface area contributed by atoms with Gasteiger partial charge in [-0.1, -0.05) is 0 Å². The number of rotatable bonds is 1. The Morgan fingerprint density at radius 2 is 2.06 bits per heavy atom. The van der Waals surface area contributed by atoms with Crippen molar-refractivity contribution in [3.8, 4) is 0 Å². The van der Waals surface area contributed by atoms with Crippen LogP contribution in [-0.4, -0.2) is 65.5 Å². The van der Waals surface area contributed by atoms with Crippen LogP contribution in [0, 0.1) is 5.92 Å². The number of thioether (sulfide) groups is 1. The van der Waals surface area contributed by atoms with E-state index in [9.17, 15) is 9.59 Å². The number of carbonyl (C=O) groups excluding carboxylic acids is 2. The molecule has 1 atom stereocenters. The van der Waals surface area contributed by atoms with Crippen LogP contribution in [-0.2, 0) is 4.79 Å². The number of fused-ring (bicyclic) bond motifs is 1. The molecule has 3 aliphatic rings. The number of carbonyl (C=O) groups is 2. The molecular formula is C12H19N3O2S. The van der Waals surface area contributed by atoms with Gasteiger partial charge < -0.3 is 15.1 Å². The molecule has 6 heteroatoms. The minimum Gasteiger partial charge on any atom is -0.339 e. The predicted octanol–water partition coefficient (Wildman–Crippen LogP) is 0.366. The lowest BCUT2D eigenvalue weighted by Gasteiger charge is -2.38. The van der Waals surface area contributed by atoms with Crippen LogP contribution in [0.15, 0.2) is 0 Å². The van der Waals surface area contributed by atoms with Crippen LogP contribution < -0.4 is 5.32 Å². The van der Waals surface area contributed by atoms with Crippen molar-refractivity contribution in [2.45, 2.75) is 18.9 Å². The Bertz CT molecular complexity index is 357. The highest BCUT2D eigenvalue weighted by Crippen LogP contribution is 2.25. The Kier molecular flexibility index (Phi) is 3.37. The molecule has 1 N–H and O–H groups in total. The summed E-state index contributed by atoms with van der Waals surface area (Å²) in [6.45, 7) is 2.78. The molecule has 3 amide bonds. The molecule has 3 rings (SSSR count). The average Bonchev–Trinajstić information content (AvgIpc) is 2.80. The monoisotopic (exact) mass is 269 g/mol. The highest BCUT2D eigenvalue weighted by Gasteiger charge is 2.38. The van der Waals surface area contributed by atoms with Gasteiger partial charge in [0.2, 0.25) is 5.91 Å². The van der Waals surface area contributed by atoms with E-state index in [1.54, 1.807) is 0 Å². The van der Waals surface area contributed by atoms with Gasteiger partial charge in [-0.2, -0.15) is 11.8 Å². The summed E-state index contributed by atoms with van der Waals surface area (Å²) in [6.07, 6.45) is 2.04. The fraction of sp³-hybridized carbons (Fsp3) is 0.833. The summed E-state index contributed by atoms with van der Waals surface area (Å²) in [5.74, 6) is 2.76. The lowest BCUT2D eigenvalue weighted by Crippen LogP contribution is -2.55. The van der Waals surface area contributed by atoms with Gasteiger partial charge >= 0.3 is 6.03 Å². The fourth-order valence-corrected chi connectivity index (χ4v) is 4.11. The Balaban J connectivity index is 1.60. The maximum Gasteiger partial charge on any atom is 0.317 e. The second kappa shape index (κ2) is 4.99. The number of urea groups is 1. The van der Waals surface area contributed by atoms with E-state index in [0.29, 0.717) is 32.1 Å². The highest BCUT2D eigenvalue weighted by molar-refractivity contribution is 7.99. The fourth-order valence-electron chi connectivity index (χ4n) is 3.01. The van der Waals surface area contributed by atoms with Crippen molar-refractivity contribution in [2.24, 2.45) is 5.92 Å². The quantitative estimate of drug-likeness (QED) is 0.748. The molecule has 0 aliphatic carbocycles. The van der Waals surface area contributed by atoms with E-state index < -0.39 is 0 Å². The Labute approximate surface area is 111 Å². The minimum absolute atomic E-state index is 0.0289. The maximum absolute atomic E-state index is 12.4. The van der Waals surface area contributed by atoms with Crippen LogP contribution in [0.1, 0.15) is 12.8 Å². The number of piperazine rings is 1. The molecule has 3 saturated heterocycles. The smallest absolute Gasteiger partial charge is 0.317 e. The van der Waals surface area contributed by atoms with Gasteiger partial charge in [0.05, 0.1) is 6.04 Å². The van der Waals surface area contributed by atoms with Crippen LogP contribution in [0.3, 0.4) is 0 Å². The van der Waals surface area contributed by atoms with E-state index in [1.165, 1.54) is 0 Å².